The largest absolute Gasteiger partial charge is 0.338 e. The highest BCUT2D eigenvalue weighted by Crippen LogP contribution is 2.22. The van der Waals surface area contributed by atoms with Crippen molar-refractivity contribution in [2.75, 3.05) is 5.84 Å². The normalized spacial score (nSPS) is 11.0. The third-order valence-electron chi connectivity index (χ3n) is 2.73. The van der Waals surface area contributed by atoms with E-state index in [4.69, 9.17) is 22.0 Å². The standard InChI is InChI=1S/C12H11ClN6OS/c1-7-16-17-12(19(7)14)21-6-10-15-11(18-20-10)8-2-4-9(13)5-3-8/h2-5H,6,14H2,1H3. The van der Waals surface area contributed by atoms with E-state index in [9.17, 15) is 0 Å². The predicted octanol–water partition coefficient (Wildman–Crippen LogP) is 2.30. The fraction of sp³-hybridized carbons (Fsp3) is 0.167. The Kier molecular flexibility index (Phi) is 3.80. The molecule has 3 aromatic rings. The van der Waals surface area contributed by atoms with Crippen molar-refractivity contribution in [1.29, 1.82) is 0 Å². The minimum atomic E-state index is 0.468. The van der Waals surface area contributed by atoms with Crippen LogP contribution in [0.1, 0.15) is 11.7 Å². The molecule has 0 unspecified atom stereocenters. The van der Waals surface area contributed by atoms with Crippen molar-refractivity contribution in [1.82, 2.24) is 25.0 Å². The van der Waals surface area contributed by atoms with Gasteiger partial charge in [0.25, 0.3) is 0 Å². The van der Waals surface area contributed by atoms with Gasteiger partial charge in [-0.15, -0.1) is 10.2 Å². The molecule has 7 nitrogen and oxygen atoms in total. The lowest BCUT2D eigenvalue weighted by molar-refractivity contribution is 0.391. The molecule has 0 bridgehead atoms. The molecule has 0 saturated carbocycles. The van der Waals surface area contributed by atoms with Crippen LogP contribution in [0.3, 0.4) is 0 Å². The molecule has 1 aromatic carbocycles. The average Bonchev–Trinajstić information content (AvgIpc) is 3.07. The Labute approximate surface area is 129 Å². The van der Waals surface area contributed by atoms with Crippen LogP contribution < -0.4 is 5.84 Å². The van der Waals surface area contributed by atoms with E-state index in [-0.39, 0.29) is 0 Å². The van der Waals surface area contributed by atoms with Crippen LogP contribution >= 0.6 is 23.4 Å². The van der Waals surface area contributed by atoms with E-state index in [0.717, 1.165) is 5.56 Å². The number of nitrogen functional groups attached to an aromatic ring is 1. The van der Waals surface area contributed by atoms with E-state index < -0.39 is 0 Å². The van der Waals surface area contributed by atoms with Crippen molar-refractivity contribution < 1.29 is 4.52 Å². The first-order valence-corrected chi connectivity index (χ1v) is 7.38. The summed E-state index contributed by atoms with van der Waals surface area (Å²) in [6, 6.07) is 7.23. The van der Waals surface area contributed by atoms with Crippen molar-refractivity contribution in [2.24, 2.45) is 0 Å². The lowest BCUT2D eigenvalue weighted by Gasteiger charge is -1.97. The summed E-state index contributed by atoms with van der Waals surface area (Å²) in [5.74, 6) is 7.89. The van der Waals surface area contributed by atoms with Crippen LogP contribution in [0.15, 0.2) is 33.9 Å². The molecule has 2 aromatic heterocycles. The summed E-state index contributed by atoms with van der Waals surface area (Å²) in [7, 11) is 0. The Morgan fingerprint density at radius 3 is 2.71 bits per heavy atom. The lowest BCUT2D eigenvalue weighted by Crippen LogP contribution is -2.11. The highest BCUT2D eigenvalue weighted by molar-refractivity contribution is 7.98. The Bertz CT molecular complexity index is 753. The monoisotopic (exact) mass is 322 g/mol. The van der Waals surface area contributed by atoms with Gasteiger partial charge in [-0.3, -0.25) is 0 Å². The number of hydrogen-bond donors (Lipinski definition) is 1. The van der Waals surface area contributed by atoms with E-state index in [2.05, 4.69) is 20.3 Å². The fourth-order valence-corrected chi connectivity index (χ4v) is 2.47. The van der Waals surface area contributed by atoms with Gasteiger partial charge >= 0.3 is 0 Å². The molecule has 0 spiro atoms. The van der Waals surface area contributed by atoms with Crippen molar-refractivity contribution in [2.45, 2.75) is 17.8 Å². The van der Waals surface area contributed by atoms with Crippen LogP contribution in [0, 0.1) is 6.92 Å². The maximum atomic E-state index is 5.84. The minimum absolute atomic E-state index is 0.468. The number of aromatic nitrogens is 5. The first-order chi connectivity index (χ1) is 10.1. The third-order valence-corrected chi connectivity index (χ3v) is 3.91. The average molecular weight is 323 g/mol. The minimum Gasteiger partial charge on any atom is -0.338 e. The molecule has 0 aliphatic rings. The number of benzene rings is 1. The van der Waals surface area contributed by atoms with Gasteiger partial charge in [0.2, 0.25) is 16.9 Å². The Morgan fingerprint density at radius 2 is 2.05 bits per heavy atom. The number of hydrogen-bond acceptors (Lipinski definition) is 7. The molecule has 0 radical (unpaired) electrons. The topological polar surface area (TPSA) is 95.6 Å². The molecule has 0 amide bonds. The van der Waals surface area contributed by atoms with E-state index in [0.29, 0.717) is 33.5 Å². The van der Waals surface area contributed by atoms with Crippen LogP contribution in [0.25, 0.3) is 11.4 Å². The third kappa shape index (κ3) is 3.01. The molecule has 0 aliphatic carbocycles. The number of nitrogens with zero attached hydrogens (tertiary/aromatic N) is 5. The summed E-state index contributed by atoms with van der Waals surface area (Å²) >= 11 is 7.22. The molecular weight excluding hydrogens is 312 g/mol. The van der Waals surface area contributed by atoms with Gasteiger partial charge in [-0.25, -0.2) is 4.68 Å². The summed E-state index contributed by atoms with van der Waals surface area (Å²) < 4.78 is 6.62. The van der Waals surface area contributed by atoms with Gasteiger partial charge in [0.15, 0.2) is 0 Å². The zero-order chi connectivity index (χ0) is 14.8. The number of halogens is 1. The summed E-state index contributed by atoms with van der Waals surface area (Å²) in [5, 5.41) is 13.0. The van der Waals surface area contributed by atoms with Gasteiger partial charge in [0.1, 0.15) is 5.82 Å². The summed E-state index contributed by atoms with van der Waals surface area (Å²) in [6.07, 6.45) is 0. The van der Waals surface area contributed by atoms with Crippen molar-refractivity contribution >= 4 is 23.4 Å². The van der Waals surface area contributed by atoms with Crippen molar-refractivity contribution in [3.8, 4) is 11.4 Å². The zero-order valence-electron chi connectivity index (χ0n) is 11.0. The van der Waals surface area contributed by atoms with Crippen LogP contribution in [-0.2, 0) is 5.75 Å². The van der Waals surface area contributed by atoms with Gasteiger partial charge < -0.3 is 10.4 Å². The first kappa shape index (κ1) is 13.9. The van der Waals surface area contributed by atoms with Crippen molar-refractivity contribution in [3.05, 3.63) is 41.0 Å². The molecule has 3 rings (SSSR count). The number of aryl methyl sites for hydroxylation is 1. The number of rotatable bonds is 4. The lowest BCUT2D eigenvalue weighted by atomic mass is 10.2. The molecule has 0 saturated heterocycles. The summed E-state index contributed by atoms with van der Waals surface area (Å²) in [5.41, 5.74) is 0.845. The molecular formula is C12H11ClN6OS. The zero-order valence-corrected chi connectivity index (χ0v) is 12.6. The van der Waals surface area contributed by atoms with Gasteiger partial charge in [-0.2, -0.15) is 4.98 Å². The Balaban J connectivity index is 1.70. The molecule has 21 heavy (non-hydrogen) atoms. The number of thioether (sulfide) groups is 1. The molecule has 0 aliphatic heterocycles. The van der Waals surface area contributed by atoms with Gasteiger partial charge in [-0.1, -0.05) is 28.5 Å². The quantitative estimate of drug-likeness (QED) is 0.581. The van der Waals surface area contributed by atoms with Gasteiger partial charge in [0.05, 0.1) is 5.75 Å². The van der Waals surface area contributed by atoms with Gasteiger partial charge in [0, 0.05) is 10.6 Å². The molecule has 2 N–H and O–H groups in total. The molecule has 9 heteroatoms. The molecule has 0 atom stereocenters. The maximum absolute atomic E-state index is 5.84. The summed E-state index contributed by atoms with van der Waals surface area (Å²) in [6.45, 7) is 1.78. The second-order valence-electron chi connectivity index (χ2n) is 4.21. The van der Waals surface area contributed by atoms with Crippen molar-refractivity contribution in [3.63, 3.8) is 0 Å². The second kappa shape index (κ2) is 5.74. The van der Waals surface area contributed by atoms with Crippen LogP contribution in [0.2, 0.25) is 5.02 Å². The van der Waals surface area contributed by atoms with Crippen LogP contribution in [0.5, 0.6) is 0 Å². The first-order valence-electron chi connectivity index (χ1n) is 6.02. The molecule has 108 valence electrons. The Morgan fingerprint density at radius 1 is 1.29 bits per heavy atom. The predicted molar refractivity (Wildman–Crippen MR) is 79.2 cm³/mol. The smallest absolute Gasteiger partial charge is 0.237 e. The maximum Gasteiger partial charge on any atom is 0.237 e. The van der Waals surface area contributed by atoms with E-state index in [1.54, 1.807) is 19.1 Å². The Hall–Kier alpha value is -2.06. The second-order valence-corrected chi connectivity index (χ2v) is 5.59. The highest BCUT2D eigenvalue weighted by atomic mass is 35.5. The van der Waals surface area contributed by atoms with E-state index in [1.807, 2.05) is 12.1 Å². The SMILES string of the molecule is Cc1nnc(SCc2nc(-c3ccc(Cl)cc3)no2)n1N. The van der Waals surface area contributed by atoms with Gasteiger partial charge in [-0.05, 0) is 31.2 Å². The van der Waals surface area contributed by atoms with E-state index in [1.165, 1.54) is 16.4 Å². The fourth-order valence-electron chi connectivity index (χ4n) is 1.60. The highest BCUT2D eigenvalue weighted by Gasteiger charge is 2.12. The number of nitrogens with two attached hydrogens (primary N) is 1. The summed E-state index contributed by atoms with van der Waals surface area (Å²) in [4.78, 5) is 4.32. The molecule has 2 heterocycles. The van der Waals surface area contributed by atoms with E-state index >= 15 is 0 Å². The van der Waals surface area contributed by atoms with Crippen LogP contribution in [-0.4, -0.2) is 25.0 Å². The molecule has 0 fully saturated rings. The van der Waals surface area contributed by atoms with Crippen LogP contribution in [0.4, 0.5) is 0 Å².